The Labute approximate surface area is 112 Å². The van der Waals surface area contributed by atoms with E-state index in [1.807, 2.05) is 0 Å². The first kappa shape index (κ1) is 13.5. The highest BCUT2D eigenvalue weighted by Gasteiger charge is 2.21. The number of piperidine rings is 1. The summed E-state index contributed by atoms with van der Waals surface area (Å²) in [5, 5.41) is 10.8. The van der Waals surface area contributed by atoms with Crippen LogP contribution in [0.1, 0.15) is 36.5 Å². The Hall–Kier alpha value is -1.91. The monoisotopic (exact) mass is 262 g/mol. The summed E-state index contributed by atoms with van der Waals surface area (Å²) in [6.45, 7) is 4.10. The van der Waals surface area contributed by atoms with Gasteiger partial charge in [0.05, 0.1) is 10.5 Å². The molecule has 0 saturated carbocycles. The van der Waals surface area contributed by atoms with Crippen molar-refractivity contribution in [1.29, 1.82) is 0 Å². The Kier molecular flexibility index (Phi) is 4.14. The van der Waals surface area contributed by atoms with E-state index in [-0.39, 0.29) is 11.3 Å². The van der Waals surface area contributed by atoms with Crippen molar-refractivity contribution in [1.82, 2.24) is 0 Å². The highest BCUT2D eigenvalue weighted by molar-refractivity contribution is 5.83. The molecule has 1 aromatic rings. The molecule has 19 heavy (non-hydrogen) atoms. The Morgan fingerprint density at radius 3 is 2.95 bits per heavy atom. The lowest BCUT2D eigenvalue weighted by molar-refractivity contribution is -0.385. The number of carbonyl (C=O) groups excluding carboxylic acids is 1. The third-order valence-corrected chi connectivity index (χ3v) is 3.80. The van der Waals surface area contributed by atoms with Crippen LogP contribution < -0.4 is 4.90 Å². The number of rotatable bonds is 4. The van der Waals surface area contributed by atoms with Crippen LogP contribution in [-0.4, -0.2) is 24.3 Å². The maximum Gasteiger partial charge on any atom is 0.280 e. The normalized spacial score (nSPS) is 19.2. The Morgan fingerprint density at radius 2 is 2.32 bits per heavy atom. The fourth-order valence-electron chi connectivity index (χ4n) is 2.63. The van der Waals surface area contributed by atoms with E-state index in [2.05, 4.69) is 11.8 Å². The molecule has 1 aliphatic heterocycles. The fraction of sp³-hybridized carbons (Fsp3) is 0.500. The number of nitro groups is 1. The van der Waals surface area contributed by atoms with Crippen LogP contribution in [0.2, 0.25) is 0 Å². The molecule has 0 spiro atoms. The van der Waals surface area contributed by atoms with E-state index >= 15 is 0 Å². The molecule has 1 unspecified atom stereocenters. The summed E-state index contributed by atoms with van der Waals surface area (Å²) in [7, 11) is 0. The second kappa shape index (κ2) is 5.82. The van der Waals surface area contributed by atoms with Gasteiger partial charge in [-0.25, -0.2) is 0 Å². The molecule has 1 saturated heterocycles. The standard InChI is InChI=1S/C14H18N2O3/c1-2-11-4-3-7-15(9-11)13-5-6-14(16(18)19)12(8-13)10-17/h5-6,8,10-11H,2-4,7,9H2,1H3. The molecule has 0 bridgehead atoms. The molecule has 0 radical (unpaired) electrons. The average molecular weight is 262 g/mol. The van der Waals surface area contributed by atoms with Crippen LogP contribution in [0.4, 0.5) is 11.4 Å². The van der Waals surface area contributed by atoms with Gasteiger partial charge in [-0.2, -0.15) is 0 Å². The Bertz CT molecular complexity index is 488. The number of benzene rings is 1. The van der Waals surface area contributed by atoms with Gasteiger partial charge in [0.1, 0.15) is 0 Å². The van der Waals surface area contributed by atoms with Crippen LogP contribution >= 0.6 is 0 Å². The van der Waals surface area contributed by atoms with Crippen molar-refractivity contribution < 1.29 is 9.72 Å². The first-order chi connectivity index (χ1) is 9.15. The highest BCUT2D eigenvalue weighted by atomic mass is 16.6. The summed E-state index contributed by atoms with van der Waals surface area (Å²) in [4.78, 5) is 23.5. The first-order valence-corrected chi connectivity index (χ1v) is 6.64. The molecule has 102 valence electrons. The quantitative estimate of drug-likeness (QED) is 0.475. The van der Waals surface area contributed by atoms with Crippen LogP contribution in [-0.2, 0) is 0 Å². The molecular weight excluding hydrogens is 244 g/mol. The molecule has 0 aromatic heterocycles. The van der Waals surface area contributed by atoms with E-state index in [1.165, 1.54) is 12.5 Å². The van der Waals surface area contributed by atoms with Gasteiger partial charge < -0.3 is 4.90 Å². The minimum atomic E-state index is -0.515. The second-order valence-corrected chi connectivity index (χ2v) is 4.98. The zero-order chi connectivity index (χ0) is 13.8. The van der Waals surface area contributed by atoms with Crippen LogP contribution in [0.15, 0.2) is 18.2 Å². The molecular formula is C14H18N2O3. The third-order valence-electron chi connectivity index (χ3n) is 3.80. The second-order valence-electron chi connectivity index (χ2n) is 4.98. The average Bonchev–Trinajstić information content (AvgIpc) is 2.46. The third kappa shape index (κ3) is 2.92. The molecule has 0 amide bonds. The fourth-order valence-corrected chi connectivity index (χ4v) is 2.63. The van der Waals surface area contributed by atoms with Gasteiger partial charge >= 0.3 is 0 Å². The Balaban J connectivity index is 2.25. The number of anilines is 1. The number of aldehydes is 1. The zero-order valence-corrected chi connectivity index (χ0v) is 11.0. The smallest absolute Gasteiger partial charge is 0.280 e. The van der Waals surface area contributed by atoms with E-state index in [0.29, 0.717) is 12.2 Å². The predicted octanol–water partition coefficient (Wildman–Crippen LogP) is 3.03. The Morgan fingerprint density at radius 1 is 1.53 bits per heavy atom. The molecule has 1 heterocycles. The van der Waals surface area contributed by atoms with Crippen molar-refractivity contribution in [2.45, 2.75) is 26.2 Å². The summed E-state index contributed by atoms with van der Waals surface area (Å²) in [6, 6.07) is 4.79. The van der Waals surface area contributed by atoms with Gasteiger partial charge in [0.2, 0.25) is 0 Å². The van der Waals surface area contributed by atoms with E-state index in [0.717, 1.165) is 31.6 Å². The minimum Gasteiger partial charge on any atom is -0.371 e. The number of nitrogens with zero attached hydrogens (tertiary/aromatic N) is 2. The number of carbonyl (C=O) groups is 1. The number of nitro benzene ring substituents is 1. The first-order valence-electron chi connectivity index (χ1n) is 6.64. The van der Waals surface area contributed by atoms with Crippen LogP contribution in [0, 0.1) is 16.0 Å². The van der Waals surface area contributed by atoms with Crippen molar-refractivity contribution in [3.63, 3.8) is 0 Å². The largest absolute Gasteiger partial charge is 0.371 e. The van der Waals surface area contributed by atoms with Gasteiger partial charge in [-0.3, -0.25) is 14.9 Å². The van der Waals surface area contributed by atoms with Crippen molar-refractivity contribution in [3.8, 4) is 0 Å². The van der Waals surface area contributed by atoms with Gasteiger partial charge in [-0.15, -0.1) is 0 Å². The molecule has 5 heteroatoms. The number of hydrogen-bond acceptors (Lipinski definition) is 4. The lowest BCUT2D eigenvalue weighted by atomic mass is 9.95. The van der Waals surface area contributed by atoms with E-state index in [1.54, 1.807) is 12.1 Å². The van der Waals surface area contributed by atoms with Gasteiger partial charge in [0.25, 0.3) is 5.69 Å². The zero-order valence-electron chi connectivity index (χ0n) is 11.0. The molecule has 1 atom stereocenters. The maximum atomic E-state index is 11.0. The minimum absolute atomic E-state index is 0.122. The van der Waals surface area contributed by atoms with Crippen molar-refractivity contribution in [2.75, 3.05) is 18.0 Å². The van der Waals surface area contributed by atoms with Gasteiger partial charge in [-0.1, -0.05) is 13.3 Å². The molecule has 1 aromatic carbocycles. The summed E-state index contributed by atoms with van der Waals surface area (Å²) in [5.74, 6) is 0.670. The summed E-state index contributed by atoms with van der Waals surface area (Å²) < 4.78 is 0. The van der Waals surface area contributed by atoms with Gasteiger partial charge in [0.15, 0.2) is 6.29 Å². The summed E-state index contributed by atoms with van der Waals surface area (Å²) in [6.07, 6.45) is 4.07. The van der Waals surface area contributed by atoms with Crippen molar-refractivity contribution in [3.05, 3.63) is 33.9 Å². The SMILES string of the molecule is CCC1CCCN(c2ccc([N+](=O)[O-])c(C=O)c2)C1. The highest BCUT2D eigenvalue weighted by Crippen LogP contribution is 2.28. The lowest BCUT2D eigenvalue weighted by Gasteiger charge is -2.34. The van der Waals surface area contributed by atoms with E-state index < -0.39 is 4.92 Å². The van der Waals surface area contributed by atoms with E-state index in [4.69, 9.17) is 0 Å². The molecule has 5 nitrogen and oxygen atoms in total. The van der Waals surface area contributed by atoms with E-state index in [9.17, 15) is 14.9 Å². The predicted molar refractivity (Wildman–Crippen MR) is 73.7 cm³/mol. The molecule has 1 fully saturated rings. The van der Waals surface area contributed by atoms with Gasteiger partial charge in [-0.05, 0) is 30.9 Å². The molecule has 0 N–H and O–H groups in total. The lowest BCUT2D eigenvalue weighted by Crippen LogP contribution is -2.35. The van der Waals surface area contributed by atoms with Crippen LogP contribution in [0.3, 0.4) is 0 Å². The summed E-state index contributed by atoms with van der Waals surface area (Å²) >= 11 is 0. The topological polar surface area (TPSA) is 63.4 Å². The van der Waals surface area contributed by atoms with Crippen molar-refractivity contribution >= 4 is 17.7 Å². The van der Waals surface area contributed by atoms with Crippen LogP contribution in [0.25, 0.3) is 0 Å². The van der Waals surface area contributed by atoms with Crippen LogP contribution in [0.5, 0.6) is 0 Å². The van der Waals surface area contributed by atoms with Crippen molar-refractivity contribution in [2.24, 2.45) is 5.92 Å². The summed E-state index contributed by atoms with van der Waals surface area (Å²) in [5.41, 5.74) is 0.940. The molecule has 0 aliphatic carbocycles. The maximum absolute atomic E-state index is 11.0. The van der Waals surface area contributed by atoms with Gasteiger partial charge in [0, 0.05) is 24.8 Å². The molecule has 1 aliphatic rings. The molecule has 2 rings (SSSR count). The number of hydrogen-bond donors (Lipinski definition) is 0.